The largest absolute Gasteiger partial charge is 0.444 e. The summed E-state index contributed by atoms with van der Waals surface area (Å²) in [6.07, 6.45) is -4.46. The highest BCUT2D eigenvalue weighted by molar-refractivity contribution is 14.1. The van der Waals surface area contributed by atoms with Crippen LogP contribution < -0.4 is 5.32 Å². The zero-order valence-electron chi connectivity index (χ0n) is 10.5. The van der Waals surface area contributed by atoms with Gasteiger partial charge in [0.2, 0.25) is 0 Å². The quantitative estimate of drug-likeness (QED) is 0.607. The van der Waals surface area contributed by atoms with Gasteiger partial charge in [-0.2, -0.15) is 13.2 Å². The van der Waals surface area contributed by atoms with Gasteiger partial charge < -0.3 is 9.73 Å². The van der Waals surface area contributed by atoms with Gasteiger partial charge in [-0.05, 0) is 69.7 Å². The Morgan fingerprint density at radius 1 is 1.33 bits per heavy atom. The molecule has 0 atom stereocenters. The van der Waals surface area contributed by atoms with Gasteiger partial charge in [0.25, 0.3) is 5.91 Å². The van der Waals surface area contributed by atoms with Gasteiger partial charge >= 0.3 is 6.18 Å². The Morgan fingerprint density at radius 2 is 2.00 bits per heavy atom. The van der Waals surface area contributed by atoms with E-state index in [1.807, 2.05) is 22.6 Å². The number of benzene rings is 1. The van der Waals surface area contributed by atoms with Gasteiger partial charge in [0.1, 0.15) is 0 Å². The average molecular weight is 474 g/mol. The number of carbonyl (C=O) groups is 1. The molecule has 0 saturated carbocycles. The molecule has 0 bridgehead atoms. The highest BCUT2D eigenvalue weighted by Gasteiger charge is 2.31. The van der Waals surface area contributed by atoms with E-state index in [1.54, 1.807) is 13.0 Å². The van der Waals surface area contributed by atoms with E-state index in [4.69, 9.17) is 4.42 Å². The Hall–Kier alpha value is -1.03. The van der Waals surface area contributed by atoms with Crippen LogP contribution in [0.2, 0.25) is 0 Å². The van der Waals surface area contributed by atoms with Crippen molar-refractivity contribution in [3.8, 4) is 0 Å². The molecule has 0 spiro atoms. The first kappa shape index (κ1) is 16.3. The molecule has 1 aromatic heterocycles. The first-order valence-electron chi connectivity index (χ1n) is 5.62. The van der Waals surface area contributed by atoms with Crippen molar-refractivity contribution >= 4 is 50.1 Å². The molecule has 1 amide bonds. The number of hydrogen-bond acceptors (Lipinski definition) is 2. The molecule has 0 fully saturated rings. The third-order valence-corrected chi connectivity index (χ3v) is 3.97. The Kier molecular flexibility index (Phi) is 4.66. The summed E-state index contributed by atoms with van der Waals surface area (Å²) in [5, 5.41) is 2.43. The molecule has 0 aliphatic carbocycles. The molecule has 2 aromatic rings. The lowest BCUT2D eigenvalue weighted by Crippen LogP contribution is -2.14. The highest BCUT2D eigenvalue weighted by atomic mass is 127. The molecule has 8 heteroatoms. The second-order valence-corrected chi connectivity index (χ2v) is 6.15. The van der Waals surface area contributed by atoms with Crippen LogP contribution in [0.4, 0.5) is 18.9 Å². The molecule has 1 N–H and O–H groups in total. The fourth-order valence-corrected chi connectivity index (χ4v) is 2.62. The van der Waals surface area contributed by atoms with Crippen molar-refractivity contribution in [2.24, 2.45) is 0 Å². The number of nitrogens with one attached hydrogen (secondary N) is 1. The molecule has 0 aliphatic heterocycles. The number of anilines is 1. The molecule has 21 heavy (non-hydrogen) atoms. The Morgan fingerprint density at radius 3 is 2.52 bits per heavy atom. The maximum atomic E-state index is 12.7. The number of rotatable bonds is 2. The van der Waals surface area contributed by atoms with Crippen molar-refractivity contribution < 1.29 is 22.4 Å². The summed E-state index contributed by atoms with van der Waals surface area (Å²) < 4.78 is 44.1. The van der Waals surface area contributed by atoms with Crippen LogP contribution in [0.15, 0.2) is 33.4 Å². The zero-order chi connectivity index (χ0) is 15.8. The second-order valence-electron chi connectivity index (χ2n) is 4.21. The minimum absolute atomic E-state index is 0.0510. The maximum absolute atomic E-state index is 12.7. The van der Waals surface area contributed by atoms with Crippen molar-refractivity contribution in [3.05, 3.63) is 49.4 Å². The highest BCUT2D eigenvalue weighted by Crippen LogP contribution is 2.33. The lowest BCUT2D eigenvalue weighted by Gasteiger charge is -2.11. The maximum Gasteiger partial charge on any atom is 0.416 e. The van der Waals surface area contributed by atoms with E-state index in [0.29, 0.717) is 13.8 Å². The van der Waals surface area contributed by atoms with E-state index in [-0.39, 0.29) is 11.4 Å². The fourth-order valence-electron chi connectivity index (χ4n) is 1.65. The molecule has 0 aliphatic rings. The van der Waals surface area contributed by atoms with E-state index >= 15 is 0 Å². The number of alkyl halides is 3. The van der Waals surface area contributed by atoms with E-state index in [9.17, 15) is 18.0 Å². The Labute approximate surface area is 140 Å². The van der Waals surface area contributed by atoms with Crippen LogP contribution in [0, 0.1) is 10.5 Å². The van der Waals surface area contributed by atoms with Crippen LogP contribution in [0.25, 0.3) is 0 Å². The van der Waals surface area contributed by atoms with Gasteiger partial charge in [0.15, 0.2) is 10.4 Å². The minimum atomic E-state index is -4.46. The molecule has 112 valence electrons. The molecule has 0 radical (unpaired) electrons. The lowest BCUT2D eigenvalue weighted by molar-refractivity contribution is -0.137. The summed E-state index contributed by atoms with van der Waals surface area (Å²) in [5.74, 6) is -0.550. The van der Waals surface area contributed by atoms with Crippen molar-refractivity contribution in [1.29, 1.82) is 0 Å². The number of aryl methyl sites for hydroxylation is 1. The van der Waals surface area contributed by atoms with Crippen molar-refractivity contribution in [2.75, 3.05) is 5.32 Å². The first-order valence-corrected chi connectivity index (χ1v) is 7.49. The first-order chi connectivity index (χ1) is 9.68. The van der Waals surface area contributed by atoms with Crippen molar-refractivity contribution in [3.63, 3.8) is 0 Å². The summed E-state index contributed by atoms with van der Waals surface area (Å²) in [5.41, 5.74) is -0.153. The van der Waals surface area contributed by atoms with Crippen LogP contribution in [-0.4, -0.2) is 5.91 Å². The number of amides is 1. The molecule has 1 heterocycles. The Bertz CT molecular complexity index is 697. The third-order valence-electron chi connectivity index (χ3n) is 2.64. The molecule has 1 aromatic carbocycles. The topological polar surface area (TPSA) is 42.2 Å². The summed E-state index contributed by atoms with van der Waals surface area (Å²) in [6, 6.07) is 4.76. The third kappa shape index (κ3) is 3.79. The van der Waals surface area contributed by atoms with Gasteiger partial charge in [0, 0.05) is 9.13 Å². The molecule has 0 saturated heterocycles. The summed E-state index contributed by atoms with van der Waals surface area (Å²) in [6.45, 7) is 1.67. The van der Waals surface area contributed by atoms with Crippen LogP contribution in [0.1, 0.15) is 21.7 Å². The summed E-state index contributed by atoms with van der Waals surface area (Å²) >= 11 is 4.94. The Balaban J connectivity index is 2.31. The van der Waals surface area contributed by atoms with E-state index < -0.39 is 17.6 Å². The van der Waals surface area contributed by atoms with Gasteiger partial charge in [-0.15, -0.1) is 0 Å². The van der Waals surface area contributed by atoms with Crippen LogP contribution in [-0.2, 0) is 6.18 Å². The SMILES string of the molecule is Cc1cc(Br)oc1C(=O)Nc1cc(C(F)(F)F)ccc1I. The number of hydrogen-bond donors (Lipinski definition) is 1. The summed E-state index contributed by atoms with van der Waals surface area (Å²) in [7, 11) is 0. The zero-order valence-corrected chi connectivity index (χ0v) is 14.3. The van der Waals surface area contributed by atoms with E-state index in [1.165, 1.54) is 6.07 Å². The smallest absolute Gasteiger partial charge is 0.416 e. The molecule has 0 unspecified atom stereocenters. The molecular formula is C13H8BrF3INO2. The van der Waals surface area contributed by atoms with Crippen LogP contribution >= 0.6 is 38.5 Å². The van der Waals surface area contributed by atoms with E-state index in [0.717, 1.165) is 12.1 Å². The average Bonchev–Trinajstić information content (AvgIpc) is 2.70. The normalized spacial score (nSPS) is 11.5. The van der Waals surface area contributed by atoms with Crippen molar-refractivity contribution in [1.82, 2.24) is 0 Å². The molecule has 3 nitrogen and oxygen atoms in total. The second kappa shape index (κ2) is 5.99. The number of furan rings is 1. The van der Waals surface area contributed by atoms with Gasteiger partial charge in [-0.25, -0.2) is 0 Å². The van der Waals surface area contributed by atoms with Crippen LogP contribution in [0.3, 0.4) is 0 Å². The van der Waals surface area contributed by atoms with Gasteiger partial charge in [0.05, 0.1) is 11.3 Å². The standard InChI is InChI=1S/C13H8BrF3INO2/c1-6-4-10(14)21-11(6)12(20)19-9-5-7(13(15,16)17)2-3-8(9)18/h2-5H,1H3,(H,19,20). The molecular weight excluding hydrogens is 466 g/mol. The lowest BCUT2D eigenvalue weighted by atomic mass is 10.2. The molecule has 2 rings (SSSR count). The van der Waals surface area contributed by atoms with Crippen LogP contribution in [0.5, 0.6) is 0 Å². The van der Waals surface area contributed by atoms with Gasteiger partial charge in [-0.3, -0.25) is 4.79 Å². The number of carbonyl (C=O) groups excluding carboxylic acids is 1. The number of halogens is 5. The monoisotopic (exact) mass is 473 g/mol. The van der Waals surface area contributed by atoms with Gasteiger partial charge in [-0.1, -0.05) is 0 Å². The minimum Gasteiger partial charge on any atom is -0.444 e. The fraction of sp³-hybridized carbons (Fsp3) is 0.154. The summed E-state index contributed by atoms with van der Waals surface area (Å²) in [4.78, 5) is 12.1. The predicted molar refractivity (Wildman–Crippen MR) is 83.3 cm³/mol. The predicted octanol–water partition coefficient (Wildman–Crippen LogP) is 5.23. The van der Waals surface area contributed by atoms with Crippen molar-refractivity contribution in [2.45, 2.75) is 13.1 Å². The van der Waals surface area contributed by atoms with E-state index in [2.05, 4.69) is 21.2 Å².